The van der Waals surface area contributed by atoms with Crippen molar-refractivity contribution in [3.8, 4) is 0 Å². The Morgan fingerprint density at radius 3 is 1.12 bits per heavy atom. The van der Waals surface area contributed by atoms with Crippen LogP contribution in [-0.4, -0.2) is 43.3 Å². The average molecular weight is 380 g/mol. The Kier molecular flexibility index (Phi) is 7.20. The fourth-order valence-corrected chi connectivity index (χ4v) is 1.47. The van der Waals surface area contributed by atoms with Crippen molar-refractivity contribution in [2.45, 2.75) is 38.4 Å². The molecule has 0 atom stereocenters. The Morgan fingerprint density at radius 1 is 0.731 bits per heavy atom. The highest BCUT2D eigenvalue weighted by molar-refractivity contribution is 5.91. The Hall–Kier alpha value is -3.72. The molecular weight excluding hydrogens is 368 g/mol. The highest BCUT2D eigenvalue weighted by Crippen LogP contribution is 2.19. The summed E-state index contributed by atoms with van der Waals surface area (Å²) in [5.74, 6) is -10.1. The van der Waals surface area contributed by atoms with Gasteiger partial charge >= 0.3 is 23.6 Å². The van der Waals surface area contributed by atoms with E-state index >= 15 is 0 Å². The predicted molar refractivity (Wildman–Crippen MR) is 75.3 cm³/mol. The minimum absolute atomic E-state index is 0.139. The Balaban J connectivity index is 5.33. The molecule has 0 saturated carbocycles. The van der Waals surface area contributed by atoms with Crippen LogP contribution in [0.25, 0.3) is 0 Å². The van der Waals surface area contributed by atoms with E-state index in [0.717, 1.165) is 13.8 Å². The zero-order chi connectivity index (χ0) is 20.7. The number of nitrogens with zero attached hydrogens (tertiary/aromatic N) is 4. The second-order valence-electron chi connectivity index (χ2n) is 4.40. The molecule has 0 bridgehead atoms. The lowest BCUT2D eigenvalue weighted by Crippen LogP contribution is -2.49. The predicted octanol–water partition coefficient (Wildman–Crippen LogP) is -0.137. The van der Waals surface area contributed by atoms with Gasteiger partial charge in [0.2, 0.25) is 0 Å². The van der Waals surface area contributed by atoms with Crippen molar-refractivity contribution in [3.63, 3.8) is 0 Å². The van der Waals surface area contributed by atoms with Gasteiger partial charge in [-0.2, -0.15) is 0 Å². The van der Waals surface area contributed by atoms with Gasteiger partial charge in [0.1, 0.15) is 32.5 Å². The van der Waals surface area contributed by atoms with E-state index in [0.29, 0.717) is 0 Å². The summed E-state index contributed by atoms with van der Waals surface area (Å²) in [7, 11) is 0. The van der Waals surface area contributed by atoms with Crippen LogP contribution in [0, 0.1) is 40.5 Å². The molecule has 0 aliphatic rings. The van der Waals surface area contributed by atoms with Gasteiger partial charge in [-0.3, -0.25) is 40.5 Å². The quantitative estimate of drug-likeness (QED) is 0.159. The van der Waals surface area contributed by atoms with Crippen LogP contribution in [0.2, 0.25) is 0 Å². The number of hydrogen-bond donors (Lipinski definition) is 0. The van der Waals surface area contributed by atoms with Crippen molar-refractivity contribution in [1.82, 2.24) is 0 Å². The number of carbonyl (C=O) groups is 2. The largest absolute Gasteiger partial charge is 0.621 e. The molecule has 0 amide bonds. The summed E-state index contributed by atoms with van der Waals surface area (Å²) >= 11 is 0. The van der Waals surface area contributed by atoms with E-state index < -0.39 is 56.2 Å². The standard InChI is InChI=1S/C10H12N4O12/c1-3-9(11(17)18,12(19)20)25-7(15)5-6-8(16)26-10(4-2,13(21)22)14(23)24/h5-6H,3-4H2,1-2H3/b6-5-. The second-order valence-corrected chi connectivity index (χ2v) is 4.40. The normalized spacial score (nSPS) is 11.6. The molecule has 0 rings (SSSR count). The first-order valence-electron chi connectivity index (χ1n) is 6.61. The molecular formula is C10H12N4O12. The number of esters is 2. The van der Waals surface area contributed by atoms with Crippen LogP contribution in [0.4, 0.5) is 0 Å². The summed E-state index contributed by atoms with van der Waals surface area (Å²) in [6.07, 6.45) is -1.42. The minimum Gasteiger partial charge on any atom is -0.333 e. The van der Waals surface area contributed by atoms with E-state index in [1.54, 1.807) is 0 Å². The Morgan fingerprint density at radius 2 is 0.962 bits per heavy atom. The van der Waals surface area contributed by atoms with Crippen LogP contribution >= 0.6 is 0 Å². The molecule has 0 spiro atoms. The van der Waals surface area contributed by atoms with E-state index in [1.165, 1.54) is 0 Å². The Labute approximate surface area is 142 Å². The van der Waals surface area contributed by atoms with Crippen LogP contribution < -0.4 is 0 Å². The number of hydrogen-bond acceptors (Lipinski definition) is 12. The summed E-state index contributed by atoms with van der Waals surface area (Å²) in [6.45, 7) is 1.97. The van der Waals surface area contributed by atoms with Crippen molar-refractivity contribution in [3.05, 3.63) is 52.6 Å². The first-order valence-corrected chi connectivity index (χ1v) is 6.61. The molecule has 0 aromatic carbocycles. The summed E-state index contributed by atoms with van der Waals surface area (Å²) in [4.78, 5) is 60.0. The third-order valence-electron chi connectivity index (χ3n) is 2.95. The van der Waals surface area contributed by atoms with Crippen LogP contribution in [0.5, 0.6) is 0 Å². The summed E-state index contributed by atoms with van der Waals surface area (Å²) in [5, 5.41) is 43.1. The molecule has 0 unspecified atom stereocenters. The van der Waals surface area contributed by atoms with Gasteiger partial charge in [-0.25, -0.2) is 9.59 Å². The highest BCUT2D eigenvalue weighted by Gasteiger charge is 2.60. The van der Waals surface area contributed by atoms with Crippen molar-refractivity contribution in [1.29, 1.82) is 0 Å². The highest BCUT2D eigenvalue weighted by atomic mass is 16.8. The van der Waals surface area contributed by atoms with Crippen LogP contribution in [0.15, 0.2) is 12.2 Å². The van der Waals surface area contributed by atoms with E-state index in [2.05, 4.69) is 9.47 Å². The maximum atomic E-state index is 11.4. The lowest BCUT2D eigenvalue weighted by atomic mass is 10.3. The molecule has 0 saturated heterocycles. The van der Waals surface area contributed by atoms with Crippen molar-refractivity contribution in [2.24, 2.45) is 0 Å². The van der Waals surface area contributed by atoms with Gasteiger partial charge < -0.3 is 9.47 Å². The number of ether oxygens (including phenoxy) is 2. The molecule has 0 heterocycles. The van der Waals surface area contributed by atoms with E-state index in [-0.39, 0.29) is 12.2 Å². The molecule has 0 N–H and O–H groups in total. The first-order chi connectivity index (χ1) is 11.9. The van der Waals surface area contributed by atoms with Crippen molar-refractivity contribution in [2.75, 3.05) is 0 Å². The molecule has 0 radical (unpaired) electrons. The maximum absolute atomic E-state index is 11.4. The number of nitro groups is 4. The molecule has 0 fully saturated rings. The average Bonchev–Trinajstić information content (AvgIpc) is 2.54. The van der Waals surface area contributed by atoms with Crippen molar-refractivity contribution < 1.29 is 38.8 Å². The SMILES string of the molecule is CCC(OC(=O)/C=C\C(=O)OC(CC)([N+](=O)[O-])[N+](=O)[O-])([N+](=O)[O-])[N+](=O)[O-]. The fourth-order valence-electron chi connectivity index (χ4n) is 1.47. The lowest BCUT2D eigenvalue weighted by molar-refractivity contribution is -0.844. The molecule has 16 nitrogen and oxygen atoms in total. The molecule has 0 aliphatic carbocycles. The molecule has 16 heteroatoms. The van der Waals surface area contributed by atoms with Crippen LogP contribution in [-0.2, 0) is 19.1 Å². The maximum Gasteiger partial charge on any atom is 0.621 e. The Bertz CT molecular complexity index is 587. The molecule has 26 heavy (non-hydrogen) atoms. The third-order valence-corrected chi connectivity index (χ3v) is 2.95. The van der Waals surface area contributed by atoms with Crippen molar-refractivity contribution >= 4 is 11.9 Å². The monoisotopic (exact) mass is 380 g/mol. The van der Waals surface area contributed by atoms with Crippen LogP contribution in [0.1, 0.15) is 26.7 Å². The summed E-state index contributed by atoms with van der Waals surface area (Å²) < 4.78 is 8.23. The summed E-state index contributed by atoms with van der Waals surface area (Å²) in [5.41, 5.74) is 0. The molecule has 0 aromatic rings. The number of rotatable bonds is 10. The van der Waals surface area contributed by atoms with Gasteiger partial charge in [0.15, 0.2) is 0 Å². The van der Waals surface area contributed by atoms with Crippen LogP contribution in [0.3, 0.4) is 0 Å². The number of carbonyl (C=O) groups excluding carboxylic acids is 2. The van der Waals surface area contributed by atoms with Gasteiger partial charge in [-0.05, 0) is 13.8 Å². The van der Waals surface area contributed by atoms with E-state index in [9.17, 15) is 50.0 Å². The van der Waals surface area contributed by atoms with Gasteiger partial charge in [-0.1, -0.05) is 0 Å². The topological polar surface area (TPSA) is 225 Å². The van der Waals surface area contributed by atoms with Gasteiger partial charge in [-0.15, -0.1) is 0 Å². The van der Waals surface area contributed by atoms with E-state index in [1.807, 2.05) is 0 Å². The smallest absolute Gasteiger partial charge is 0.333 e. The second kappa shape index (κ2) is 8.40. The minimum atomic E-state index is -3.31. The molecule has 0 aliphatic heterocycles. The fraction of sp³-hybridized carbons (Fsp3) is 0.600. The first kappa shape index (κ1) is 22.3. The zero-order valence-electron chi connectivity index (χ0n) is 13.3. The summed E-state index contributed by atoms with van der Waals surface area (Å²) in [6, 6.07) is 0. The van der Waals surface area contributed by atoms with E-state index in [4.69, 9.17) is 0 Å². The molecule has 0 aromatic heterocycles. The zero-order valence-corrected chi connectivity index (χ0v) is 13.3. The lowest BCUT2D eigenvalue weighted by Gasteiger charge is -2.14. The van der Waals surface area contributed by atoms with Gasteiger partial charge in [0.25, 0.3) is 0 Å². The molecule has 144 valence electrons. The van der Waals surface area contributed by atoms with Gasteiger partial charge in [0.05, 0.1) is 0 Å². The van der Waals surface area contributed by atoms with Gasteiger partial charge in [0, 0.05) is 12.2 Å². The third kappa shape index (κ3) is 4.42.